The van der Waals surface area contributed by atoms with E-state index in [4.69, 9.17) is 9.47 Å². The Hall–Kier alpha value is -2.33. The normalized spacial score (nSPS) is 10.3. The van der Waals surface area contributed by atoms with Gasteiger partial charge < -0.3 is 14.8 Å². The lowest BCUT2D eigenvalue weighted by atomic mass is 10.1. The van der Waals surface area contributed by atoms with Crippen molar-refractivity contribution in [3.05, 3.63) is 65.2 Å². The monoisotopic (exact) mass is 313 g/mol. The molecule has 2 aromatic rings. The molecule has 1 amide bonds. The molecule has 0 unspecified atom stereocenters. The summed E-state index contributed by atoms with van der Waals surface area (Å²) in [4.78, 5) is 12.0. The fraction of sp³-hybridized carbons (Fsp3) is 0.316. The molecular weight excluding hydrogens is 290 g/mol. The minimum Gasteiger partial charge on any atom is -0.494 e. The lowest BCUT2D eigenvalue weighted by molar-refractivity contribution is -0.120. The van der Waals surface area contributed by atoms with Crippen LogP contribution in [0, 0.1) is 0 Å². The standard InChI is InChI=1S/C19H23NO3/c1-3-23-18-10-8-15(9-11-18)12-19(21)20-13-16-4-6-17(7-5-16)14-22-2/h4-11H,3,12-14H2,1-2H3,(H,20,21). The summed E-state index contributed by atoms with van der Waals surface area (Å²) in [5.74, 6) is 0.836. The van der Waals surface area contributed by atoms with Crippen LogP contribution >= 0.6 is 0 Å². The molecule has 0 saturated heterocycles. The summed E-state index contributed by atoms with van der Waals surface area (Å²) in [6.45, 7) is 3.72. The lowest BCUT2D eigenvalue weighted by Gasteiger charge is -2.07. The molecule has 0 bridgehead atoms. The van der Waals surface area contributed by atoms with E-state index in [2.05, 4.69) is 5.32 Å². The zero-order valence-corrected chi connectivity index (χ0v) is 13.7. The van der Waals surface area contributed by atoms with Crippen LogP contribution in [0.15, 0.2) is 48.5 Å². The van der Waals surface area contributed by atoms with Gasteiger partial charge in [0.2, 0.25) is 5.91 Å². The van der Waals surface area contributed by atoms with E-state index in [1.54, 1.807) is 7.11 Å². The SMILES string of the molecule is CCOc1ccc(CC(=O)NCc2ccc(COC)cc2)cc1. The van der Waals surface area contributed by atoms with Gasteiger partial charge in [-0.25, -0.2) is 0 Å². The number of carbonyl (C=O) groups is 1. The number of hydrogen-bond acceptors (Lipinski definition) is 3. The van der Waals surface area contributed by atoms with Crippen molar-refractivity contribution in [1.29, 1.82) is 0 Å². The number of benzene rings is 2. The van der Waals surface area contributed by atoms with Crippen LogP contribution in [-0.2, 0) is 29.1 Å². The average molecular weight is 313 g/mol. The van der Waals surface area contributed by atoms with Crippen LogP contribution in [-0.4, -0.2) is 19.6 Å². The van der Waals surface area contributed by atoms with Gasteiger partial charge in [-0.3, -0.25) is 4.79 Å². The molecule has 0 fully saturated rings. The summed E-state index contributed by atoms with van der Waals surface area (Å²) in [6, 6.07) is 15.7. The van der Waals surface area contributed by atoms with Gasteiger partial charge in [-0.1, -0.05) is 36.4 Å². The maximum Gasteiger partial charge on any atom is 0.224 e. The molecule has 0 saturated carbocycles. The second-order valence-corrected chi connectivity index (χ2v) is 5.28. The van der Waals surface area contributed by atoms with Gasteiger partial charge in [-0.2, -0.15) is 0 Å². The number of nitrogens with one attached hydrogen (secondary N) is 1. The first-order valence-electron chi connectivity index (χ1n) is 7.76. The Balaban J connectivity index is 1.80. The van der Waals surface area contributed by atoms with Crippen molar-refractivity contribution in [2.24, 2.45) is 0 Å². The summed E-state index contributed by atoms with van der Waals surface area (Å²) in [5, 5.41) is 2.94. The molecule has 0 radical (unpaired) electrons. The molecule has 0 aliphatic rings. The average Bonchev–Trinajstić information content (AvgIpc) is 2.57. The van der Waals surface area contributed by atoms with Gasteiger partial charge in [0.15, 0.2) is 0 Å². The summed E-state index contributed by atoms with van der Waals surface area (Å²) in [5.41, 5.74) is 3.17. The molecule has 1 N–H and O–H groups in total. The summed E-state index contributed by atoms with van der Waals surface area (Å²) >= 11 is 0. The maximum atomic E-state index is 12.0. The smallest absolute Gasteiger partial charge is 0.224 e. The third kappa shape index (κ3) is 5.75. The molecule has 0 aliphatic carbocycles. The molecule has 0 atom stereocenters. The van der Waals surface area contributed by atoms with Crippen molar-refractivity contribution in [2.45, 2.75) is 26.5 Å². The first kappa shape index (κ1) is 17.0. The molecular formula is C19H23NO3. The number of ether oxygens (including phenoxy) is 2. The molecule has 0 aliphatic heterocycles. The molecule has 122 valence electrons. The Labute approximate surface area is 137 Å². The van der Waals surface area contributed by atoms with Crippen LogP contribution in [0.5, 0.6) is 5.75 Å². The van der Waals surface area contributed by atoms with Gasteiger partial charge in [0.1, 0.15) is 5.75 Å². The van der Waals surface area contributed by atoms with E-state index >= 15 is 0 Å². The predicted octanol–water partition coefficient (Wildman–Crippen LogP) is 3.09. The van der Waals surface area contributed by atoms with Crippen molar-refractivity contribution < 1.29 is 14.3 Å². The van der Waals surface area contributed by atoms with Crippen molar-refractivity contribution in [3.8, 4) is 5.75 Å². The third-order valence-corrected chi connectivity index (χ3v) is 3.42. The van der Waals surface area contributed by atoms with Gasteiger partial charge in [0, 0.05) is 13.7 Å². The number of methoxy groups -OCH3 is 1. The number of rotatable bonds is 8. The highest BCUT2D eigenvalue weighted by Crippen LogP contribution is 2.12. The summed E-state index contributed by atoms with van der Waals surface area (Å²) < 4.78 is 10.5. The zero-order chi connectivity index (χ0) is 16.5. The number of amides is 1. The van der Waals surface area contributed by atoms with Crippen molar-refractivity contribution >= 4 is 5.91 Å². The molecule has 4 nitrogen and oxygen atoms in total. The highest BCUT2D eigenvalue weighted by atomic mass is 16.5. The van der Waals surface area contributed by atoms with Crippen molar-refractivity contribution in [1.82, 2.24) is 5.32 Å². The van der Waals surface area contributed by atoms with Crippen molar-refractivity contribution in [2.75, 3.05) is 13.7 Å². The first-order valence-corrected chi connectivity index (χ1v) is 7.76. The van der Waals surface area contributed by atoms with E-state index in [1.165, 1.54) is 0 Å². The molecule has 2 rings (SSSR count). The Morgan fingerprint density at radius 1 is 0.957 bits per heavy atom. The van der Waals surface area contributed by atoms with Gasteiger partial charge in [-0.15, -0.1) is 0 Å². The predicted molar refractivity (Wildman–Crippen MR) is 90.3 cm³/mol. The minimum atomic E-state index is 0.00938. The molecule has 23 heavy (non-hydrogen) atoms. The van der Waals surface area contributed by atoms with Crippen LogP contribution < -0.4 is 10.1 Å². The van der Waals surface area contributed by atoms with Crippen molar-refractivity contribution in [3.63, 3.8) is 0 Å². The van der Waals surface area contributed by atoms with E-state index in [0.717, 1.165) is 22.4 Å². The first-order chi connectivity index (χ1) is 11.2. The highest BCUT2D eigenvalue weighted by molar-refractivity contribution is 5.78. The number of hydrogen-bond donors (Lipinski definition) is 1. The van der Waals surface area contributed by atoms with E-state index < -0.39 is 0 Å². The topological polar surface area (TPSA) is 47.6 Å². The Bertz CT molecular complexity index is 606. The van der Waals surface area contributed by atoms with E-state index in [0.29, 0.717) is 26.2 Å². The van der Waals surface area contributed by atoms with E-state index in [-0.39, 0.29) is 5.91 Å². The van der Waals surface area contributed by atoms with Gasteiger partial charge in [0.05, 0.1) is 19.6 Å². The van der Waals surface area contributed by atoms with Crippen LogP contribution in [0.25, 0.3) is 0 Å². The van der Waals surface area contributed by atoms with E-state index in [9.17, 15) is 4.79 Å². The van der Waals surface area contributed by atoms with E-state index in [1.807, 2.05) is 55.5 Å². The highest BCUT2D eigenvalue weighted by Gasteiger charge is 2.04. The van der Waals surface area contributed by atoms with Gasteiger partial charge >= 0.3 is 0 Å². The third-order valence-electron chi connectivity index (χ3n) is 3.42. The largest absolute Gasteiger partial charge is 0.494 e. The zero-order valence-electron chi connectivity index (χ0n) is 13.7. The Morgan fingerprint density at radius 3 is 2.17 bits per heavy atom. The van der Waals surface area contributed by atoms with Crippen LogP contribution in [0.3, 0.4) is 0 Å². The quantitative estimate of drug-likeness (QED) is 0.814. The maximum absolute atomic E-state index is 12.0. The summed E-state index contributed by atoms with van der Waals surface area (Å²) in [7, 11) is 1.68. The Kier molecular flexibility index (Phi) is 6.63. The fourth-order valence-electron chi connectivity index (χ4n) is 2.24. The lowest BCUT2D eigenvalue weighted by Crippen LogP contribution is -2.24. The molecule has 0 spiro atoms. The molecule has 2 aromatic carbocycles. The second kappa shape index (κ2) is 8.96. The molecule has 4 heteroatoms. The Morgan fingerprint density at radius 2 is 1.57 bits per heavy atom. The molecule has 0 aromatic heterocycles. The van der Waals surface area contributed by atoms with Crippen LogP contribution in [0.4, 0.5) is 0 Å². The summed E-state index contributed by atoms with van der Waals surface area (Å²) in [6.07, 6.45) is 0.369. The van der Waals surface area contributed by atoms with Gasteiger partial charge in [0.25, 0.3) is 0 Å². The number of carbonyl (C=O) groups excluding carboxylic acids is 1. The van der Waals surface area contributed by atoms with Gasteiger partial charge in [-0.05, 0) is 35.7 Å². The van der Waals surface area contributed by atoms with Crippen LogP contribution in [0.1, 0.15) is 23.6 Å². The second-order valence-electron chi connectivity index (χ2n) is 5.28. The fourth-order valence-corrected chi connectivity index (χ4v) is 2.24. The van der Waals surface area contributed by atoms with Crippen LogP contribution in [0.2, 0.25) is 0 Å². The molecule has 0 heterocycles. The minimum absolute atomic E-state index is 0.00938.